The molecule has 2 atom stereocenters. The molecule has 184 valence electrons. The molecule has 1 amide bonds. The monoisotopic (exact) mass is 509 g/mol. The summed E-state index contributed by atoms with van der Waals surface area (Å²) in [4.78, 5) is 27.3. The predicted molar refractivity (Wildman–Crippen MR) is 131 cm³/mol. The Balaban J connectivity index is 1.36. The van der Waals surface area contributed by atoms with E-state index in [2.05, 4.69) is 15.3 Å². The number of hydrogen-bond donors (Lipinski definition) is 2. The molecule has 0 radical (unpaired) electrons. The molecule has 1 saturated heterocycles. The molecular weight excluding hydrogens is 481 g/mol. The first-order chi connectivity index (χ1) is 16.4. The number of rotatable bonds is 7. The second-order valence-corrected chi connectivity index (χ2v) is 9.39. The molecule has 3 heterocycles. The lowest BCUT2D eigenvalue weighted by molar-refractivity contribution is 0.00574. The lowest BCUT2D eigenvalue weighted by Crippen LogP contribution is -2.55. The fraction of sp³-hybridized carbons (Fsp3) is 0.522. The SMILES string of the molecule is CO[C@@H]1CN(CCCn2nc(Cl)ccc2=O)CC[C@@H]1NC(=O)c1cc(Cl)c(N)c2c1OCCC2. The number of nitrogen functional groups attached to an aromatic ring is 1. The van der Waals surface area contributed by atoms with Crippen molar-refractivity contribution in [3.8, 4) is 5.75 Å². The molecule has 0 saturated carbocycles. The molecule has 11 heteroatoms. The molecule has 1 aromatic carbocycles. The van der Waals surface area contributed by atoms with E-state index in [0.29, 0.717) is 46.9 Å². The summed E-state index contributed by atoms with van der Waals surface area (Å²) in [5, 5.41) is 7.82. The lowest BCUT2D eigenvalue weighted by atomic mass is 9.98. The number of carbonyl (C=O) groups is 1. The van der Waals surface area contributed by atoms with E-state index in [1.807, 2.05) is 0 Å². The summed E-state index contributed by atoms with van der Waals surface area (Å²) in [5.74, 6) is 0.286. The Hall–Kier alpha value is -2.33. The molecule has 0 spiro atoms. The standard InChI is InChI=1S/C23H29Cl2N5O4/c1-33-18-13-29(8-3-9-30-20(31)6-5-19(25)28-30)10-7-17(18)27-23(32)15-12-16(24)21(26)14-4-2-11-34-22(14)15/h5-6,12,17-18H,2-4,7-11,13,26H2,1H3,(H,27,32)/t17-,18+/m0/s1. The largest absolute Gasteiger partial charge is 0.492 e. The van der Waals surface area contributed by atoms with Gasteiger partial charge in [0, 0.05) is 44.9 Å². The quantitative estimate of drug-likeness (QED) is 0.550. The zero-order valence-corrected chi connectivity index (χ0v) is 20.6. The topological polar surface area (TPSA) is 112 Å². The highest BCUT2D eigenvalue weighted by Gasteiger charge is 2.32. The van der Waals surface area contributed by atoms with E-state index in [0.717, 1.165) is 44.3 Å². The van der Waals surface area contributed by atoms with E-state index in [1.165, 1.54) is 16.8 Å². The minimum absolute atomic E-state index is 0.151. The maximum Gasteiger partial charge on any atom is 0.266 e. The second-order valence-electron chi connectivity index (χ2n) is 8.59. The number of methoxy groups -OCH3 is 1. The van der Waals surface area contributed by atoms with Crippen molar-refractivity contribution in [2.75, 3.05) is 39.1 Å². The van der Waals surface area contributed by atoms with Crippen LogP contribution in [0.5, 0.6) is 5.75 Å². The average Bonchev–Trinajstić information content (AvgIpc) is 2.84. The summed E-state index contributed by atoms with van der Waals surface area (Å²) in [5.41, 5.74) is 7.63. The number of amides is 1. The first-order valence-electron chi connectivity index (χ1n) is 11.4. The van der Waals surface area contributed by atoms with Gasteiger partial charge < -0.3 is 25.4 Å². The number of hydrogen-bond acceptors (Lipinski definition) is 7. The smallest absolute Gasteiger partial charge is 0.266 e. The van der Waals surface area contributed by atoms with Crippen molar-refractivity contribution in [3.63, 3.8) is 0 Å². The van der Waals surface area contributed by atoms with Crippen LogP contribution in [0.3, 0.4) is 0 Å². The highest BCUT2D eigenvalue weighted by Crippen LogP contribution is 2.38. The van der Waals surface area contributed by atoms with Crippen molar-refractivity contribution in [1.82, 2.24) is 20.0 Å². The van der Waals surface area contributed by atoms with Gasteiger partial charge in [0.25, 0.3) is 11.5 Å². The van der Waals surface area contributed by atoms with Crippen LogP contribution in [-0.2, 0) is 17.7 Å². The third-order valence-corrected chi connectivity index (χ3v) is 6.89. The molecule has 9 nitrogen and oxygen atoms in total. The van der Waals surface area contributed by atoms with Crippen LogP contribution in [0.4, 0.5) is 5.69 Å². The Morgan fingerprint density at radius 3 is 2.97 bits per heavy atom. The number of fused-ring (bicyclic) bond motifs is 1. The van der Waals surface area contributed by atoms with Gasteiger partial charge in [-0.25, -0.2) is 4.68 Å². The van der Waals surface area contributed by atoms with Crippen LogP contribution < -0.4 is 21.3 Å². The van der Waals surface area contributed by atoms with Crippen molar-refractivity contribution in [2.24, 2.45) is 0 Å². The predicted octanol–water partition coefficient (Wildman–Crippen LogP) is 2.37. The van der Waals surface area contributed by atoms with Gasteiger partial charge in [-0.1, -0.05) is 23.2 Å². The second kappa shape index (κ2) is 10.9. The summed E-state index contributed by atoms with van der Waals surface area (Å²) in [6, 6.07) is 4.34. The number of anilines is 1. The zero-order valence-electron chi connectivity index (χ0n) is 19.1. The normalized spacial score (nSPS) is 20.4. The summed E-state index contributed by atoms with van der Waals surface area (Å²) >= 11 is 12.2. The number of nitrogens with zero attached hydrogens (tertiary/aromatic N) is 3. The Morgan fingerprint density at radius 2 is 2.18 bits per heavy atom. The van der Waals surface area contributed by atoms with Gasteiger partial charge >= 0.3 is 0 Å². The Labute approximate surface area is 208 Å². The number of benzene rings is 1. The van der Waals surface area contributed by atoms with Gasteiger partial charge in [0.1, 0.15) is 10.9 Å². The molecule has 2 aromatic rings. The number of nitrogens with two attached hydrogens (primary N) is 1. The van der Waals surface area contributed by atoms with Crippen molar-refractivity contribution >= 4 is 34.8 Å². The number of ether oxygens (including phenoxy) is 2. The Morgan fingerprint density at radius 1 is 1.35 bits per heavy atom. The van der Waals surface area contributed by atoms with E-state index in [9.17, 15) is 9.59 Å². The maximum absolute atomic E-state index is 13.2. The average molecular weight is 510 g/mol. The molecular formula is C23H29Cl2N5O4. The number of likely N-dealkylation sites (tertiary alicyclic amines) is 1. The van der Waals surface area contributed by atoms with Crippen LogP contribution in [0.1, 0.15) is 35.2 Å². The van der Waals surface area contributed by atoms with E-state index in [-0.39, 0.29) is 23.6 Å². The van der Waals surface area contributed by atoms with Crippen LogP contribution in [-0.4, -0.2) is 66.1 Å². The van der Waals surface area contributed by atoms with Gasteiger partial charge in [0.2, 0.25) is 0 Å². The summed E-state index contributed by atoms with van der Waals surface area (Å²) < 4.78 is 12.9. The van der Waals surface area contributed by atoms with Gasteiger partial charge in [0.15, 0.2) is 0 Å². The molecule has 1 aromatic heterocycles. The minimum Gasteiger partial charge on any atom is -0.492 e. The van der Waals surface area contributed by atoms with Gasteiger partial charge in [0.05, 0.1) is 35.0 Å². The number of aromatic nitrogens is 2. The van der Waals surface area contributed by atoms with Gasteiger partial charge in [-0.2, -0.15) is 5.10 Å². The fourth-order valence-corrected chi connectivity index (χ4v) is 4.94. The minimum atomic E-state index is -0.244. The van der Waals surface area contributed by atoms with Crippen molar-refractivity contribution in [2.45, 2.75) is 44.4 Å². The molecule has 2 aliphatic heterocycles. The Kier molecular flexibility index (Phi) is 7.98. The third-order valence-electron chi connectivity index (χ3n) is 6.38. The van der Waals surface area contributed by atoms with Gasteiger partial charge in [-0.3, -0.25) is 9.59 Å². The van der Waals surface area contributed by atoms with Crippen LogP contribution in [0.15, 0.2) is 23.0 Å². The highest BCUT2D eigenvalue weighted by atomic mass is 35.5. The van der Waals surface area contributed by atoms with Gasteiger partial charge in [-0.15, -0.1) is 0 Å². The van der Waals surface area contributed by atoms with Crippen molar-refractivity contribution in [1.29, 1.82) is 0 Å². The molecule has 2 aliphatic rings. The van der Waals surface area contributed by atoms with E-state index >= 15 is 0 Å². The molecule has 0 aliphatic carbocycles. The molecule has 3 N–H and O–H groups in total. The van der Waals surface area contributed by atoms with E-state index in [4.69, 9.17) is 38.4 Å². The van der Waals surface area contributed by atoms with Crippen LogP contribution in [0.2, 0.25) is 10.2 Å². The van der Waals surface area contributed by atoms with Crippen molar-refractivity contribution < 1.29 is 14.3 Å². The lowest BCUT2D eigenvalue weighted by Gasteiger charge is -2.38. The van der Waals surface area contributed by atoms with Crippen LogP contribution >= 0.6 is 23.2 Å². The zero-order chi connectivity index (χ0) is 24.2. The Bertz CT molecular complexity index is 1110. The highest BCUT2D eigenvalue weighted by molar-refractivity contribution is 6.33. The number of piperidine rings is 1. The van der Waals surface area contributed by atoms with E-state index < -0.39 is 0 Å². The summed E-state index contributed by atoms with van der Waals surface area (Å²) in [6.45, 7) is 3.26. The number of aryl methyl sites for hydroxylation is 1. The summed E-state index contributed by atoms with van der Waals surface area (Å²) in [6.07, 6.45) is 2.87. The number of carbonyl (C=O) groups excluding carboxylic acids is 1. The molecule has 1 fully saturated rings. The maximum atomic E-state index is 13.2. The number of nitrogens with one attached hydrogen (secondary N) is 1. The first-order valence-corrected chi connectivity index (χ1v) is 12.2. The summed E-state index contributed by atoms with van der Waals surface area (Å²) in [7, 11) is 1.65. The molecule has 34 heavy (non-hydrogen) atoms. The number of halogens is 2. The van der Waals surface area contributed by atoms with Crippen LogP contribution in [0.25, 0.3) is 0 Å². The van der Waals surface area contributed by atoms with Crippen molar-refractivity contribution in [3.05, 3.63) is 49.9 Å². The third kappa shape index (κ3) is 5.49. The van der Waals surface area contributed by atoms with Gasteiger partial charge in [-0.05, 0) is 37.8 Å². The van der Waals surface area contributed by atoms with Crippen LogP contribution in [0, 0.1) is 0 Å². The first kappa shape index (κ1) is 24.8. The molecule has 0 bridgehead atoms. The van der Waals surface area contributed by atoms with E-state index in [1.54, 1.807) is 13.2 Å². The fourth-order valence-electron chi connectivity index (χ4n) is 4.57. The molecule has 4 rings (SSSR count). The molecule has 0 unspecified atom stereocenters.